The summed E-state index contributed by atoms with van der Waals surface area (Å²) in [4.78, 5) is 15.9. The lowest BCUT2D eigenvalue weighted by atomic mass is 9.69. The summed E-state index contributed by atoms with van der Waals surface area (Å²) in [5.74, 6) is 0.300. The predicted octanol–water partition coefficient (Wildman–Crippen LogP) is 5.57. The SMILES string of the molecule is CN1C[C@H](C(=O)c2ccccc2)[C@@H](c2ccccc2)C2=C1c1ccccc1CC2. The topological polar surface area (TPSA) is 20.3 Å². The first-order chi connectivity index (χ1) is 14.2. The first-order valence-electron chi connectivity index (χ1n) is 10.4. The highest BCUT2D eigenvalue weighted by atomic mass is 16.1. The van der Waals surface area contributed by atoms with E-state index in [1.807, 2.05) is 30.3 Å². The Morgan fingerprint density at radius 3 is 2.24 bits per heavy atom. The van der Waals surface area contributed by atoms with Crippen LogP contribution in [-0.4, -0.2) is 24.3 Å². The van der Waals surface area contributed by atoms with Gasteiger partial charge in [0.15, 0.2) is 5.78 Å². The van der Waals surface area contributed by atoms with Crippen LogP contribution in [0.5, 0.6) is 0 Å². The van der Waals surface area contributed by atoms with Gasteiger partial charge in [0, 0.05) is 36.3 Å². The molecule has 5 rings (SSSR count). The number of aryl methyl sites for hydroxylation is 1. The van der Waals surface area contributed by atoms with Gasteiger partial charge in [-0.1, -0.05) is 84.9 Å². The maximum Gasteiger partial charge on any atom is 0.168 e. The van der Waals surface area contributed by atoms with E-state index in [2.05, 4.69) is 66.5 Å². The van der Waals surface area contributed by atoms with Crippen molar-refractivity contribution in [1.29, 1.82) is 0 Å². The second kappa shape index (κ2) is 7.36. The van der Waals surface area contributed by atoms with Crippen LogP contribution < -0.4 is 0 Å². The highest BCUT2D eigenvalue weighted by Crippen LogP contribution is 2.48. The van der Waals surface area contributed by atoms with Crippen LogP contribution in [0.2, 0.25) is 0 Å². The standard InChI is InChI=1S/C27H25NO/c1-28-18-24(27(29)21-13-6-3-7-14-21)25(20-11-4-2-5-12-20)23-17-16-19-10-8-9-15-22(19)26(23)28/h2-15,24-25H,16-18H2,1H3/t24-,25-/m0/s1. The summed E-state index contributed by atoms with van der Waals surface area (Å²) in [6, 6.07) is 29.1. The van der Waals surface area contributed by atoms with E-state index >= 15 is 0 Å². The number of fused-ring (bicyclic) bond motifs is 2. The molecule has 29 heavy (non-hydrogen) atoms. The minimum absolute atomic E-state index is 0.0752. The third kappa shape index (κ3) is 3.09. The molecule has 2 nitrogen and oxygen atoms in total. The normalized spacial score (nSPS) is 20.8. The number of carbonyl (C=O) groups is 1. The van der Waals surface area contributed by atoms with Gasteiger partial charge in [-0.2, -0.15) is 0 Å². The first kappa shape index (κ1) is 17.9. The van der Waals surface area contributed by atoms with Crippen molar-refractivity contribution >= 4 is 11.5 Å². The number of rotatable bonds is 3. The quantitative estimate of drug-likeness (QED) is 0.554. The summed E-state index contributed by atoms with van der Waals surface area (Å²) >= 11 is 0. The Balaban J connectivity index is 1.67. The van der Waals surface area contributed by atoms with Crippen molar-refractivity contribution < 1.29 is 4.79 Å². The monoisotopic (exact) mass is 379 g/mol. The molecule has 0 amide bonds. The van der Waals surface area contributed by atoms with Crippen molar-refractivity contribution in [3.8, 4) is 0 Å². The van der Waals surface area contributed by atoms with Gasteiger partial charge in [-0.3, -0.25) is 4.79 Å². The summed E-state index contributed by atoms with van der Waals surface area (Å²) in [7, 11) is 2.14. The Morgan fingerprint density at radius 2 is 1.48 bits per heavy atom. The summed E-state index contributed by atoms with van der Waals surface area (Å²) in [5.41, 5.74) is 7.56. The fourth-order valence-corrected chi connectivity index (χ4v) is 5.16. The van der Waals surface area contributed by atoms with Crippen molar-refractivity contribution in [1.82, 2.24) is 4.90 Å². The molecule has 0 bridgehead atoms. The van der Waals surface area contributed by atoms with Crippen LogP contribution in [0.25, 0.3) is 5.70 Å². The molecule has 2 atom stereocenters. The Labute approximate surface area is 172 Å². The van der Waals surface area contributed by atoms with E-state index < -0.39 is 0 Å². The van der Waals surface area contributed by atoms with Gasteiger partial charge >= 0.3 is 0 Å². The fraction of sp³-hybridized carbons (Fsp3) is 0.222. The lowest BCUT2D eigenvalue weighted by Gasteiger charge is -2.43. The minimum Gasteiger partial charge on any atom is -0.373 e. The molecule has 0 N–H and O–H groups in total. The summed E-state index contributed by atoms with van der Waals surface area (Å²) in [6.45, 7) is 0.737. The maximum absolute atomic E-state index is 13.6. The Morgan fingerprint density at radius 1 is 0.828 bits per heavy atom. The van der Waals surface area contributed by atoms with Gasteiger partial charge in [0.05, 0.1) is 5.92 Å². The highest BCUT2D eigenvalue weighted by Gasteiger charge is 2.41. The third-order valence-electron chi connectivity index (χ3n) is 6.42. The van der Waals surface area contributed by atoms with Crippen molar-refractivity contribution in [3.05, 3.63) is 113 Å². The third-order valence-corrected chi connectivity index (χ3v) is 6.42. The van der Waals surface area contributed by atoms with Crippen LogP contribution in [0.3, 0.4) is 0 Å². The van der Waals surface area contributed by atoms with Gasteiger partial charge in [-0.05, 0) is 29.5 Å². The lowest BCUT2D eigenvalue weighted by Crippen LogP contribution is -2.41. The van der Waals surface area contributed by atoms with E-state index in [0.29, 0.717) is 0 Å². The van der Waals surface area contributed by atoms with Crippen LogP contribution in [0.1, 0.15) is 39.4 Å². The summed E-state index contributed by atoms with van der Waals surface area (Å²) in [5, 5.41) is 0. The Hall–Kier alpha value is -3.13. The Bertz CT molecular complexity index is 1070. The summed E-state index contributed by atoms with van der Waals surface area (Å²) < 4.78 is 0. The molecule has 144 valence electrons. The van der Waals surface area contributed by atoms with E-state index in [9.17, 15) is 4.79 Å². The second-order valence-corrected chi connectivity index (χ2v) is 8.14. The number of hydrogen-bond donors (Lipinski definition) is 0. The van der Waals surface area contributed by atoms with E-state index in [1.54, 1.807) is 0 Å². The van der Waals surface area contributed by atoms with Crippen molar-refractivity contribution in [2.24, 2.45) is 5.92 Å². The zero-order valence-corrected chi connectivity index (χ0v) is 16.7. The van der Waals surface area contributed by atoms with Gasteiger partial charge in [0.1, 0.15) is 0 Å². The fourth-order valence-electron chi connectivity index (χ4n) is 5.16. The smallest absolute Gasteiger partial charge is 0.168 e. The molecule has 1 heterocycles. The number of ketones is 1. The number of hydrogen-bond acceptors (Lipinski definition) is 2. The van der Waals surface area contributed by atoms with Crippen LogP contribution in [0.4, 0.5) is 0 Å². The number of allylic oxidation sites excluding steroid dienone is 1. The largest absolute Gasteiger partial charge is 0.373 e. The molecule has 3 aromatic carbocycles. The number of carbonyl (C=O) groups excluding carboxylic acids is 1. The van der Waals surface area contributed by atoms with Gasteiger partial charge in [0.25, 0.3) is 0 Å². The average molecular weight is 380 g/mol. The van der Waals surface area contributed by atoms with E-state index in [4.69, 9.17) is 0 Å². The average Bonchev–Trinajstić information content (AvgIpc) is 2.79. The van der Waals surface area contributed by atoms with Crippen molar-refractivity contribution in [2.75, 3.05) is 13.6 Å². The molecule has 0 saturated carbocycles. The molecule has 0 unspecified atom stereocenters. The molecule has 2 heteroatoms. The predicted molar refractivity (Wildman–Crippen MR) is 118 cm³/mol. The zero-order chi connectivity index (χ0) is 19.8. The molecule has 0 radical (unpaired) electrons. The van der Waals surface area contributed by atoms with Gasteiger partial charge in [-0.25, -0.2) is 0 Å². The number of benzene rings is 3. The number of nitrogens with zero attached hydrogens (tertiary/aromatic N) is 1. The number of Topliss-reactive ketones (excluding diaryl/α,β-unsaturated/α-hetero) is 1. The molecule has 1 aliphatic carbocycles. The summed E-state index contributed by atoms with van der Waals surface area (Å²) in [6.07, 6.45) is 2.05. The van der Waals surface area contributed by atoms with E-state index in [1.165, 1.54) is 28.0 Å². The molecule has 0 saturated heterocycles. The van der Waals surface area contributed by atoms with Gasteiger partial charge in [-0.15, -0.1) is 0 Å². The van der Waals surface area contributed by atoms with Crippen LogP contribution in [0, 0.1) is 5.92 Å². The van der Waals surface area contributed by atoms with Crippen molar-refractivity contribution in [3.63, 3.8) is 0 Å². The molecule has 0 spiro atoms. The molecule has 1 aliphatic heterocycles. The van der Waals surface area contributed by atoms with Crippen LogP contribution >= 0.6 is 0 Å². The van der Waals surface area contributed by atoms with Gasteiger partial charge < -0.3 is 4.90 Å². The van der Waals surface area contributed by atoms with Crippen LogP contribution in [0.15, 0.2) is 90.5 Å². The van der Waals surface area contributed by atoms with Crippen molar-refractivity contribution in [2.45, 2.75) is 18.8 Å². The molecule has 3 aromatic rings. The molecule has 2 aliphatic rings. The molecular weight excluding hydrogens is 354 g/mol. The Kier molecular flexibility index (Phi) is 4.55. The highest BCUT2D eigenvalue weighted by molar-refractivity contribution is 5.99. The molecule has 0 fully saturated rings. The lowest BCUT2D eigenvalue weighted by molar-refractivity contribution is 0.0879. The molecule has 0 aromatic heterocycles. The van der Waals surface area contributed by atoms with Gasteiger partial charge in [0.2, 0.25) is 0 Å². The zero-order valence-electron chi connectivity index (χ0n) is 16.7. The first-order valence-corrected chi connectivity index (χ1v) is 10.4. The maximum atomic E-state index is 13.6. The van der Waals surface area contributed by atoms with E-state index in [0.717, 1.165) is 24.9 Å². The molecular formula is C27H25NO. The van der Waals surface area contributed by atoms with E-state index in [-0.39, 0.29) is 17.6 Å². The minimum atomic E-state index is -0.0752. The van der Waals surface area contributed by atoms with Crippen LogP contribution in [-0.2, 0) is 6.42 Å². The second-order valence-electron chi connectivity index (χ2n) is 8.14.